The van der Waals surface area contributed by atoms with Gasteiger partial charge in [-0.25, -0.2) is 0 Å². The number of aliphatic hydroxyl groups is 1. The highest BCUT2D eigenvalue weighted by molar-refractivity contribution is 6.36. The molecule has 6 nitrogen and oxygen atoms in total. The highest BCUT2D eigenvalue weighted by atomic mass is 35.5. The van der Waals surface area contributed by atoms with Gasteiger partial charge in [0.2, 0.25) is 0 Å². The van der Waals surface area contributed by atoms with Crippen LogP contribution in [0.3, 0.4) is 0 Å². The van der Waals surface area contributed by atoms with Gasteiger partial charge in [-0.1, -0.05) is 29.8 Å². The lowest BCUT2D eigenvalue weighted by molar-refractivity contribution is 0.0880. The number of hydrogen-bond acceptors (Lipinski definition) is 4. The average molecular weight is 435 g/mol. The minimum atomic E-state index is -0.434. The molecule has 1 aromatic heterocycles. The van der Waals surface area contributed by atoms with Crippen LogP contribution in [-0.2, 0) is 6.54 Å². The number of carbonyl (C=O) groups is 2. The molecule has 156 valence electrons. The Labute approximate surface area is 183 Å². The monoisotopic (exact) mass is 434 g/mol. The summed E-state index contributed by atoms with van der Waals surface area (Å²) in [4.78, 5) is 25.8. The van der Waals surface area contributed by atoms with Crippen LogP contribution < -0.4 is 10.1 Å². The second kappa shape index (κ2) is 7.41. The Kier molecular flexibility index (Phi) is 4.68. The van der Waals surface area contributed by atoms with Crippen LogP contribution in [0.25, 0.3) is 32.9 Å². The largest absolute Gasteiger partial charge is 0.497 e. The van der Waals surface area contributed by atoms with Gasteiger partial charge in [0.25, 0.3) is 11.8 Å². The molecule has 2 heterocycles. The molecule has 1 aliphatic heterocycles. The molecule has 0 bridgehead atoms. The quantitative estimate of drug-likeness (QED) is 0.456. The number of carbonyl (C=O) groups excluding carboxylic acids is 2. The molecular formula is C24H19ClN2O4. The van der Waals surface area contributed by atoms with Gasteiger partial charge in [0, 0.05) is 40.0 Å². The molecule has 0 saturated carbocycles. The number of aromatic nitrogens is 1. The summed E-state index contributed by atoms with van der Waals surface area (Å²) in [6, 6.07) is 14.8. The number of rotatable bonds is 5. The number of nitrogens with zero attached hydrogens (tertiary/aromatic N) is 1. The molecule has 5 rings (SSSR count). The molecule has 7 heteroatoms. The predicted octanol–water partition coefficient (Wildman–Crippen LogP) is 4.39. The molecule has 0 aliphatic carbocycles. The van der Waals surface area contributed by atoms with Crippen LogP contribution in [0.4, 0.5) is 0 Å². The van der Waals surface area contributed by atoms with Crippen molar-refractivity contribution in [2.24, 2.45) is 0 Å². The number of halogens is 1. The van der Waals surface area contributed by atoms with E-state index in [1.165, 1.54) is 0 Å². The van der Waals surface area contributed by atoms with Crippen LogP contribution >= 0.6 is 11.6 Å². The van der Waals surface area contributed by atoms with Crippen LogP contribution in [0.1, 0.15) is 27.1 Å². The lowest BCUT2D eigenvalue weighted by Gasteiger charge is -2.12. The van der Waals surface area contributed by atoms with Gasteiger partial charge in [-0.3, -0.25) is 14.9 Å². The Morgan fingerprint density at radius 3 is 2.52 bits per heavy atom. The Morgan fingerprint density at radius 2 is 1.77 bits per heavy atom. The third kappa shape index (κ3) is 2.91. The molecular weight excluding hydrogens is 416 g/mol. The van der Waals surface area contributed by atoms with Crippen molar-refractivity contribution >= 4 is 45.2 Å². The summed E-state index contributed by atoms with van der Waals surface area (Å²) in [5.41, 5.74) is 3.67. The summed E-state index contributed by atoms with van der Waals surface area (Å²) in [6.07, 6.45) is 0.550. The van der Waals surface area contributed by atoms with Gasteiger partial charge in [-0.05, 0) is 42.3 Å². The molecule has 0 radical (unpaired) electrons. The zero-order valence-electron chi connectivity index (χ0n) is 16.7. The van der Waals surface area contributed by atoms with Crippen molar-refractivity contribution in [3.05, 3.63) is 64.7 Å². The summed E-state index contributed by atoms with van der Waals surface area (Å²) in [7, 11) is 1.59. The molecule has 0 atom stereocenters. The Balaban J connectivity index is 1.97. The molecule has 2 amide bonds. The van der Waals surface area contributed by atoms with Crippen molar-refractivity contribution in [1.29, 1.82) is 0 Å². The van der Waals surface area contributed by atoms with Gasteiger partial charge < -0.3 is 14.4 Å². The number of methoxy groups -OCH3 is 1. The van der Waals surface area contributed by atoms with Crippen molar-refractivity contribution in [1.82, 2.24) is 9.88 Å². The summed E-state index contributed by atoms with van der Waals surface area (Å²) in [5.74, 6) is -0.207. The third-order valence-corrected chi connectivity index (χ3v) is 6.08. The van der Waals surface area contributed by atoms with E-state index in [0.29, 0.717) is 51.4 Å². The van der Waals surface area contributed by atoms with E-state index in [4.69, 9.17) is 16.3 Å². The maximum Gasteiger partial charge on any atom is 0.259 e. The Bertz CT molecular complexity index is 1390. The first-order valence-corrected chi connectivity index (χ1v) is 10.3. The number of imide groups is 1. The minimum absolute atomic E-state index is 0.0403. The normalized spacial score (nSPS) is 13.1. The van der Waals surface area contributed by atoms with Crippen LogP contribution in [0.2, 0.25) is 5.02 Å². The molecule has 1 aliphatic rings. The fourth-order valence-corrected chi connectivity index (χ4v) is 4.65. The molecule has 2 N–H and O–H groups in total. The van der Waals surface area contributed by atoms with Gasteiger partial charge in [-0.2, -0.15) is 0 Å². The smallest absolute Gasteiger partial charge is 0.259 e. The zero-order valence-corrected chi connectivity index (χ0v) is 17.5. The van der Waals surface area contributed by atoms with Crippen molar-refractivity contribution < 1.29 is 19.4 Å². The predicted molar refractivity (Wildman–Crippen MR) is 120 cm³/mol. The topological polar surface area (TPSA) is 80.6 Å². The molecule has 0 fully saturated rings. The third-order valence-electron chi connectivity index (χ3n) is 5.75. The molecule has 4 aromatic rings. The summed E-state index contributed by atoms with van der Waals surface area (Å²) in [5, 5.41) is 13.9. The number of aryl methyl sites for hydroxylation is 1. The number of nitrogens with one attached hydrogen (secondary N) is 1. The number of hydrogen-bond donors (Lipinski definition) is 2. The van der Waals surface area contributed by atoms with Gasteiger partial charge >= 0.3 is 0 Å². The minimum Gasteiger partial charge on any atom is -0.497 e. The summed E-state index contributed by atoms with van der Waals surface area (Å²) >= 11 is 6.46. The molecule has 31 heavy (non-hydrogen) atoms. The number of fused-ring (bicyclic) bond motifs is 5. The van der Waals surface area contributed by atoms with E-state index >= 15 is 0 Å². The maximum atomic E-state index is 12.9. The number of benzene rings is 3. The number of amides is 2. The zero-order chi connectivity index (χ0) is 21.7. The van der Waals surface area contributed by atoms with Crippen LogP contribution in [0.15, 0.2) is 48.5 Å². The maximum absolute atomic E-state index is 12.9. The van der Waals surface area contributed by atoms with Gasteiger partial charge in [0.05, 0.1) is 23.8 Å². The second-order valence-corrected chi connectivity index (χ2v) is 7.85. The summed E-state index contributed by atoms with van der Waals surface area (Å²) in [6.45, 7) is 0.595. The van der Waals surface area contributed by atoms with Gasteiger partial charge in [0.1, 0.15) is 5.75 Å². The Hall–Kier alpha value is -3.35. The van der Waals surface area contributed by atoms with Crippen LogP contribution in [-0.4, -0.2) is 35.2 Å². The van der Waals surface area contributed by atoms with Crippen LogP contribution in [0.5, 0.6) is 5.75 Å². The van der Waals surface area contributed by atoms with Gasteiger partial charge in [0.15, 0.2) is 0 Å². The van der Waals surface area contributed by atoms with E-state index < -0.39 is 11.8 Å². The van der Waals surface area contributed by atoms with Crippen molar-refractivity contribution in [2.75, 3.05) is 13.7 Å². The number of ether oxygens (including phenoxy) is 1. The van der Waals surface area contributed by atoms with E-state index in [1.54, 1.807) is 13.2 Å². The van der Waals surface area contributed by atoms with E-state index in [2.05, 4.69) is 9.88 Å². The van der Waals surface area contributed by atoms with Crippen molar-refractivity contribution in [3.63, 3.8) is 0 Å². The number of aliphatic hydroxyl groups excluding tert-OH is 1. The standard InChI is InChI=1S/C24H19ClN2O4/c1-31-13-7-8-18-16(11-13)20-19(27(18)9-4-10-28)12-15(14-5-2-3-6-17(14)25)21-22(20)24(30)26-23(21)29/h2-3,5-8,11-12,28H,4,9-10H2,1H3,(H,26,29,30). The fourth-order valence-electron chi connectivity index (χ4n) is 4.41. The molecule has 0 spiro atoms. The first-order chi connectivity index (χ1) is 15.0. The second-order valence-electron chi connectivity index (χ2n) is 7.44. The fraction of sp³-hybridized carbons (Fsp3) is 0.167. The molecule has 0 saturated heterocycles. The van der Waals surface area contributed by atoms with Crippen molar-refractivity contribution in [2.45, 2.75) is 13.0 Å². The molecule has 3 aromatic carbocycles. The van der Waals surface area contributed by atoms with E-state index in [9.17, 15) is 14.7 Å². The SMILES string of the molecule is COc1ccc2c(c1)c1c3c(c(-c4ccccc4Cl)cc1n2CCCO)C(=O)NC3=O. The van der Waals surface area contributed by atoms with Crippen LogP contribution in [0, 0.1) is 0 Å². The lowest BCUT2D eigenvalue weighted by Crippen LogP contribution is -2.20. The highest BCUT2D eigenvalue weighted by Gasteiger charge is 2.34. The molecule has 0 unspecified atom stereocenters. The Morgan fingerprint density at radius 1 is 1.00 bits per heavy atom. The van der Waals surface area contributed by atoms with Gasteiger partial charge in [-0.15, -0.1) is 0 Å². The first-order valence-electron chi connectivity index (χ1n) is 9.93. The summed E-state index contributed by atoms with van der Waals surface area (Å²) < 4.78 is 7.47. The van der Waals surface area contributed by atoms with Crippen molar-refractivity contribution in [3.8, 4) is 16.9 Å². The average Bonchev–Trinajstić information content (AvgIpc) is 3.25. The highest BCUT2D eigenvalue weighted by Crippen LogP contribution is 2.42. The van der Waals surface area contributed by atoms with E-state index in [0.717, 1.165) is 16.4 Å². The first kappa shape index (κ1) is 19.6. The van der Waals surface area contributed by atoms with E-state index in [1.807, 2.05) is 42.5 Å². The van der Waals surface area contributed by atoms with E-state index in [-0.39, 0.29) is 6.61 Å². The lowest BCUT2D eigenvalue weighted by atomic mass is 9.93.